The van der Waals surface area contributed by atoms with E-state index in [1.165, 1.54) is 10.4 Å². The summed E-state index contributed by atoms with van der Waals surface area (Å²) in [7, 11) is 1.94. The molecule has 1 amide bonds. The Kier molecular flexibility index (Phi) is 4.60. The first-order valence-corrected chi connectivity index (χ1v) is 7.69. The number of nitrogens with one attached hydrogen (secondary N) is 1. The Morgan fingerprint density at radius 3 is 2.80 bits per heavy atom. The van der Waals surface area contributed by atoms with E-state index in [2.05, 4.69) is 10.4 Å². The second-order valence-corrected chi connectivity index (χ2v) is 6.06. The highest BCUT2D eigenvalue weighted by Crippen LogP contribution is 2.19. The van der Waals surface area contributed by atoms with Crippen molar-refractivity contribution in [1.82, 2.24) is 15.1 Å². The molecule has 2 rings (SSSR count). The summed E-state index contributed by atoms with van der Waals surface area (Å²) >= 11 is 1.67. The average molecular weight is 291 g/mol. The van der Waals surface area contributed by atoms with Gasteiger partial charge in [0.1, 0.15) is 0 Å². The van der Waals surface area contributed by atoms with Gasteiger partial charge in [0.2, 0.25) is 5.91 Å². The average Bonchev–Trinajstić information content (AvgIpc) is 2.98. The molecular formula is C15H21N3OS. The topological polar surface area (TPSA) is 46.9 Å². The van der Waals surface area contributed by atoms with E-state index >= 15 is 0 Å². The van der Waals surface area contributed by atoms with Crippen LogP contribution in [0.4, 0.5) is 0 Å². The first kappa shape index (κ1) is 14.8. The Morgan fingerprint density at radius 1 is 1.50 bits per heavy atom. The number of carbonyl (C=O) groups excluding carboxylic acids is 1. The van der Waals surface area contributed by atoms with Gasteiger partial charge in [-0.1, -0.05) is 6.07 Å². The van der Waals surface area contributed by atoms with Gasteiger partial charge in [0.15, 0.2) is 0 Å². The van der Waals surface area contributed by atoms with E-state index in [1.807, 2.05) is 50.0 Å². The molecule has 0 bridgehead atoms. The molecule has 0 spiro atoms. The number of thiophene rings is 1. The van der Waals surface area contributed by atoms with Crippen LogP contribution in [-0.2, 0) is 18.3 Å². The van der Waals surface area contributed by atoms with E-state index < -0.39 is 0 Å². The third kappa shape index (κ3) is 3.28. The van der Waals surface area contributed by atoms with E-state index in [-0.39, 0.29) is 11.9 Å². The highest BCUT2D eigenvalue weighted by molar-refractivity contribution is 7.10. The maximum absolute atomic E-state index is 12.0. The fraction of sp³-hybridized carbons (Fsp3) is 0.467. The van der Waals surface area contributed by atoms with Gasteiger partial charge in [-0.05, 0) is 44.2 Å². The van der Waals surface area contributed by atoms with Crippen LogP contribution in [0.1, 0.15) is 41.2 Å². The first-order chi connectivity index (χ1) is 9.49. The highest BCUT2D eigenvalue weighted by Gasteiger charge is 2.13. The largest absolute Gasteiger partial charge is 0.349 e. The number of nitrogens with zero attached hydrogens (tertiary/aromatic N) is 2. The van der Waals surface area contributed by atoms with Gasteiger partial charge >= 0.3 is 0 Å². The van der Waals surface area contributed by atoms with E-state index in [0.717, 1.165) is 17.8 Å². The molecule has 0 aliphatic heterocycles. The lowest BCUT2D eigenvalue weighted by Gasteiger charge is -2.12. The summed E-state index contributed by atoms with van der Waals surface area (Å²) in [6.45, 7) is 6.06. The number of rotatable bonds is 5. The number of amides is 1. The van der Waals surface area contributed by atoms with Gasteiger partial charge < -0.3 is 5.32 Å². The molecule has 5 heteroatoms. The summed E-state index contributed by atoms with van der Waals surface area (Å²) in [6.07, 6.45) is 1.25. The standard InChI is InChI=1S/C15H21N3OS/c1-10-13(12(3)18(4)17-10)7-8-15(19)16-11(2)14-6-5-9-20-14/h5-6,9,11H,7-8H2,1-4H3,(H,16,19)/t11-/m0/s1. The predicted molar refractivity (Wildman–Crippen MR) is 81.9 cm³/mol. The third-order valence-electron chi connectivity index (χ3n) is 3.61. The monoisotopic (exact) mass is 291 g/mol. The molecule has 0 aliphatic carbocycles. The van der Waals surface area contributed by atoms with Gasteiger partial charge in [-0.15, -0.1) is 11.3 Å². The van der Waals surface area contributed by atoms with Crippen LogP contribution in [0.2, 0.25) is 0 Å². The molecule has 0 unspecified atom stereocenters. The molecule has 0 fully saturated rings. The van der Waals surface area contributed by atoms with Crippen molar-refractivity contribution in [2.24, 2.45) is 7.05 Å². The molecule has 20 heavy (non-hydrogen) atoms. The van der Waals surface area contributed by atoms with Crippen LogP contribution in [0.3, 0.4) is 0 Å². The molecule has 0 aliphatic rings. The molecule has 0 saturated carbocycles. The van der Waals surface area contributed by atoms with Crippen LogP contribution in [0.25, 0.3) is 0 Å². The Labute approximate surface area is 123 Å². The van der Waals surface area contributed by atoms with E-state index in [9.17, 15) is 4.79 Å². The first-order valence-electron chi connectivity index (χ1n) is 6.81. The van der Waals surface area contributed by atoms with Gasteiger partial charge in [-0.3, -0.25) is 9.48 Å². The fourth-order valence-electron chi connectivity index (χ4n) is 2.34. The van der Waals surface area contributed by atoms with E-state index in [0.29, 0.717) is 6.42 Å². The van der Waals surface area contributed by atoms with Crippen molar-refractivity contribution in [1.29, 1.82) is 0 Å². The highest BCUT2D eigenvalue weighted by atomic mass is 32.1. The third-order valence-corrected chi connectivity index (χ3v) is 4.66. The molecule has 108 valence electrons. The number of hydrogen-bond donors (Lipinski definition) is 1. The van der Waals surface area contributed by atoms with Crippen molar-refractivity contribution in [2.75, 3.05) is 0 Å². The summed E-state index contributed by atoms with van der Waals surface area (Å²) in [6, 6.07) is 4.13. The number of aromatic nitrogens is 2. The number of aryl methyl sites for hydroxylation is 2. The Morgan fingerprint density at radius 2 is 2.25 bits per heavy atom. The molecule has 4 nitrogen and oxygen atoms in total. The van der Waals surface area contributed by atoms with Crippen LogP contribution in [0, 0.1) is 13.8 Å². The van der Waals surface area contributed by atoms with Crippen molar-refractivity contribution in [3.8, 4) is 0 Å². The fourth-order valence-corrected chi connectivity index (χ4v) is 3.07. The van der Waals surface area contributed by atoms with Gasteiger partial charge in [0, 0.05) is 24.0 Å². The lowest BCUT2D eigenvalue weighted by molar-refractivity contribution is -0.121. The molecule has 2 heterocycles. The zero-order valence-electron chi connectivity index (χ0n) is 12.4. The molecule has 1 N–H and O–H groups in total. The zero-order valence-corrected chi connectivity index (χ0v) is 13.3. The smallest absolute Gasteiger partial charge is 0.220 e. The SMILES string of the molecule is Cc1nn(C)c(C)c1CCC(=O)N[C@@H](C)c1cccs1. The summed E-state index contributed by atoms with van der Waals surface area (Å²) in [5.41, 5.74) is 3.34. The van der Waals surface area contributed by atoms with Crippen LogP contribution in [-0.4, -0.2) is 15.7 Å². The minimum atomic E-state index is 0.0820. The van der Waals surface area contributed by atoms with Crippen molar-refractivity contribution in [2.45, 2.75) is 39.7 Å². The molecule has 0 radical (unpaired) electrons. The summed E-state index contributed by atoms with van der Waals surface area (Å²) in [5.74, 6) is 0.0913. The predicted octanol–water partition coefficient (Wildman–Crippen LogP) is 2.91. The number of hydrogen-bond acceptors (Lipinski definition) is 3. The lowest BCUT2D eigenvalue weighted by atomic mass is 10.1. The maximum Gasteiger partial charge on any atom is 0.220 e. The summed E-state index contributed by atoms with van der Waals surface area (Å²) in [4.78, 5) is 13.2. The maximum atomic E-state index is 12.0. The Balaban J connectivity index is 1.89. The van der Waals surface area contributed by atoms with Gasteiger partial charge in [-0.2, -0.15) is 5.10 Å². The Hall–Kier alpha value is -1.62. The van der Waals surface area contributed by atoms with E-state index in [1.54, 1.807) is 11.3 Å². The second-order valence-electron chi connectivity index (χ2n) is 5.08. The van der Waals surface area contributed by atoms with Gasteiger partial charge in [0.05, 0.1) is 11.7 Å². The van der Waals surface area contributed by atoms with Crippen molar-refractivity contribution >= 4 is 17.2 Å². The molecule has 0 aromatic carbocycles. The molecule has 0 saturated heterocycles. The van der Waals surface area contributed by atoms with Crippen LogP contribution in [0.5, 0.6) is 0 Å². The molecular weight excluding hydrogens is 270 g/mol. The molecule has 2 aromatic heterocycles. The molecule has 2 aromatic rings. The van der Waals surface area contributed by atoms with Gasteiger partial charge in [0.25, 0.3) is 0 Å². The summed E-state index contributed by atoms with van der Waals surface area (Å²) in [5, 5.41) is 9.45. The van der Waals surface area contributed by atoms with E-state index in [4.69, 9.17) is 0 Å². The number of carbonyl (C=O) groups is 1. The quantitative estimate of drug-likeness (QED) is 0.920. The van der Waals surface area contributed by atoms with Gasteiger partial charge in [-0.25, -0.2) is 0 Å². The van der Waals surface area contributed by atoms with Crippen molar-refractivity contribution in [3.05, 3.63) is 39.3 Å². The van der Waals surface area contributed by atoms with Crippen molar-refractivity contribution in [3.63, 3.8) is 0 Å². The second kappa shape index (κ2) is 6.22. The Bertz CT molecular complexity index is 587. The summed E-state index contributed by atoms with van der Waals surface area (Å²) < 4.78 is 1.87. The minimum absolute atomic E-state index is 0.0820. The van der Waals surface area contributed by atoms with Crippen molar-refractivity contribution < 1.29 is 4.79 Å². The van der Waals surface area contributed by atoms with Crippen LogP contribution in [0.15, 0.2) is 17.5 Å². The van der Waals surface area contributed by atoms with Crippen LogP contribution >= 0.6 is 11.3 Å². The minimum Gasteiger partial charge on any atom is -0.349 e. The molecule has 1 atom stereocenters. The normalized spacial score (nSPS) is 12.4. The zero-order chi connectivity index (χ0) is 14.7. The van der Waals surface area contributed by atoms with Crippen LogP contribution < -0.4 is 5.32 Å². The lowest BCUT2D eigenvalue weighted by Crippen LogP contribution is -2.26.